The van der Waals surface area contributed by atoms with Crippen LogP contribution in [0, 0.1) is 11.3 Å². The van der Waals surface area contributed by atoms with Crippen LogP contribution in [0.1, 0.15) is 34.8 Å². The van der Waals surface area contributed by atoms with Gasteiger partial charge in [0.2, 0.25) is 0 Å². The zero-order valence-corrected chi connectivity index (χ0v) is 14.8. The van der Waals surface area contributed by atoms with Crippen molar-refractivity contribution in [3.05, 3.63) is 59.2 Å². The topological polar surface area (TPSA) is 82.0 Å². The first-order valence-corrected chi connectivity index (χ1v) is 7.99. The Balaban J connectivity index is 0.000000251. The Bertz CT molecular complexity index is 742. The summed E-state index contributed by atoms with van der Waals surface area (Å²) in [6.45, 7) is 1.57. The van der Waals surface area contributed by atoms with E-state index >= 15 is 0 Å². The molecule has 0 fully saturated rings. The highest BCUT2D eigenvalue weighted by Gasteiger charge is 2.10. The van der Waals surface area contributed by atoms with Gasteiger partial charge < -0.3 is 15.4 Å². The van der Waals surface area contributed by atoms with Gasteiger partial charge in [-0.1, -0.05) is 18.2 Å². The molecular weight excluding hydrogens is 314 g/mol. The summed E-state index contributed by atoms with van der Waals surface area (Å²) in [7, 11) is 3.61. The highest BCUT2D eigenvalue weighted by atomic mass is 16.1. The molecule has 0 aromatic heterocycles. The lowest BCUT2D eigenvalue weighted by Crippen LogP contribution is -2.04. The summed E-state index contributed by atoms with van der Waals surface area (Å²) in [5.41, 5.74) is 4.13. The SMILES string of the molecule is CNc1cccc(NC)c1C(C)=O.N#Cc1cccc(CCC=O)c1. The van der Waals surface area contributed by atoms with Crippen LogP contribution in [0.2, 0.25) is 0 Å². The predicted octanol–water partition coefficient (Wildman–Crippen LogP) is 3.66. The van der Waals surface area contributed by atoms with Gasteiger partial charge in [0.1, 0.15) is 6.29 Å². The van der Waals surface area contributed by atoms with Gasteiger partial charge in [-0.2, -0.15) is 5.26 Å². The Morgan fingerprint density at radius 2 is 1.72 bits per heavy atom. The van der Waals surface area contributed by atoms with Gasteiger partial charge in [0, 0.05) is 31.9 Å². The molecule has 0 amide bonds. The molecule has 0 bridgehead atoms. The third-order valence-corrected chi connectivity index (χ3v) is 3.56. The van der Waals surface area contributed by atoms with E-state index in [9.17, 15) is 9.59 Å². The summed E-state index contributed by atoms with van der Waals surface area (Å²) < 4.78 is 0. The number of hydrogen-bond acceptors (Lipinski definition) is 5. The molecule has 0 heterocycles. The highest BCUT2D eigenvalue weighted by molar-refractivity contribution is 6.04. The Kier molecular flexibility index (Phi) is 8.45. The molecule has 0 aliphatic heterocycles. The van der Waals surface area contributed by atoms with Crippen LogP contribution in [0.15, 0.2) is 42.5 Å². The van der Waals surface area contributed by atoms with Crippen molar-refractivity contribution in [2.75, 3.05) is 24.7 Å². The summed E-state index contributed by atoms with van der Waals surface area (Å²) in [5.74, 6) is 0.0642. The molecular formula is C20H23N3O2. The number of aryl methyl sites for hydroxylation is 1. The summed E-state index contributed by atoms with van der Waals surface area (Å²) in [5, 5.41) is 14.5. The maximum absolute atomic E-state index is 11.3. The van der Waals surface area contributed by atoms with Crippen molar-refractivity contribution in [2.24, 2.45) is 0 Å². The molecule has 0 saturated heterocycles. The van der Waals surface area contributed by atoms with Crippen molar-refractivity contribution in [1.82, 2.24) is 0 Å². The minimum absolute atomic E-state index is 0.0642. The van der Waals surface area contributed by atoms with Crippen LogP contribution in [-0.4, -0.2) is 26.2 Å². The molecule has 25 heavy (non-hydrogen) atoms. The average molecular weight is 337 g/mol. The zero-order chi connectivity index (χ0) is 18.7. The Morgan fingerprint density at radius 1 is 1.12 bits per heavy atom. The number of carbonyl (C=O) groups is 2. The highest BCUT2D eigenvalue weighted by Crippen LogP contribution is 2.23. The number of nitrogens with zero attached hydrogens (tertiary/aromatic N) is 1. The standard InChI is InChI=1S/C10H14N2O.C10H9NO/c1-7(13)10-8(11-2)5-4-6-9(10)12-3;11-8-10-4-1-3-9(7-10)5-2-6-12/h4-6,11-12H,1-3H3;1,3-4,6-7H,2,5H2. The van der Waals surface area contributed by atoms with Crippen molar-refractivity contribution in [2.45, 2.75) is 19.8 Å². The predicted molar refractivity (Wildman–Crippen MR) is 101 cm³/mol. The van der Waals surface area contributed by atoms with Crippen LogP contribution < -0.4 is 10.6 Å². The van der Waals surface area contributed by atoms with E-state index < -0.39 is 0 Å². The fourth-order valence-electron chi connectivity index (χ4n) is 2.37. The molecule has 0 aliphatic rings. The quantitative estimate of drug-likeness (QED) is 0.621. The van der Waals surface area contributed by atoms with Crippen molar-refractivity contribution in [1.29, 1.82) is 5.26 Å². The second kappa shape index (κ2) is 10.6. The lowest BCUT2D eigenvalue weighted by atomic mass is 10.1. The van der Waals surface area contributed by atoms with Crippen LogP contribution in [0.25, 0.3) is 0 Å². The van der Waals surface area contributed by atoms with Gasteiger partial charge >= 0.3 is 0 Å². The lowest BCUT2D eigenvalue weighted by Gasteiger charge is -2.11. The van der Waals surface area contributed by atoms with Gasteiger partial charge in [-0.05, 0) is 43.2 Å². The van der Waals surface area contributed by atoms with Gasteiger partial charge in [-0.25, -0.2) is 0 Å². The van der Waals surface area contributed by atoms with Gasteiger partial charge in [0.15, 0.2) is 5.78 Å². The maximum atomic E-state index is 11.3. The number of rotatable bonds is 6. The first kappa shape index (κ1) is 19.9. The third-order valence-electron chi connectivity index (χ3n) is 3.56. The number of Topliss-reactive ketones (excluding diaryl/α,β-unsaturated/α-hetero) is 1. The van der Waals surface area contributed by atoms with E-state index in [4.69, 9.17) is 5.26 Å². The molecule has 0 aliphatic carbocycles. The Hall–Kier alpha value is -3.13. The van der Waals surface area contributed by atoms with Crippen LogP contribution in [0.5, 0.6) is 0 Å². The average Bonchev–Trinajstić information content (AvgIpc) is 2.66. The fraction of sp³-hybridized carbons (Fsp3) is 0.250. The molecule has 2 rings (SSSR count). The van der Waals surface area contributed by atoms with Crippen LogP contribution in [0.3, 0.4) is 0 Å². The largest absolute Gasteiger partial charge is 0.387 e. The normalized spacial score (nSPS) is 9.20. The summed E-state index contributed by atoms with van der Waals surface area (Å²) in [4.78, 5) is 21.4. The lowest BCUT2D eigenvalue weighted by molar-refractivity contribution is -0.107. The summed E-state index contributed by atoms with van der Waals surface area (Å²) in [6, 6.07) is 15.1. The number of carbonyl (C=O) groups excluding carboxylic acids is 2. The molecule has 5 heteroatoms. The van der Waals surface area contributed by atoms with Gasteiger partial charge in [-0.3, -0.25) is 4.79 Å². The van der Waals surface area contributed by atoms with Crippen molar-refractivity contribution in [3.8, 4) is 6.07 Å². The molecule has 0 unspecified atom stereocenters. The smallest absolute Gasteiger partial charge is 0.163 e. The van der Waals surface area contributed by atoms with E-state index in [1.165, 1.54) is 0 Å². The first-order valence-electron chi connectivity index (χ1n) is 7.99. The zero-order valence-electron chi connectivity index (χ0n) is 14.8. The molecule has 5 nitrogen and oxygen atoms in total. The van der Waals surface area contributed by atoms with Gasteiger partial charge in [0.25, 0.3) is 0 Å². The Labute approximate surface area is 148 Å². The fourth-order valence-corrected chi connectivity index (χ4v) is 2.37. The molecule has 2 aromatic carbocycles. The van der Waals surface area contributed by atoms with Crippen molar-refractivity contribution < 1.29 is 9.59 Å². The van der Waals surface area contributed by atoms with Crippen LogP contribution in [0.4, 0.5) is 11.4 Å². The number of aldehydes is 1. The first-order chi connectivity index (χ1) is 12.1. The summed E-state index contributed by atoms with van der Waals surface area (Å²) in [6.07, 6.45) is 2.13. The molecule has 130 valence electrons. The second-order valence-electron chi connectivity index (χ2n) is 5.30. The van der Waals surface area contributed by atoms with E-state index in [2.05, 4.69) is 16.7 Å². The van der Waals surface area contributed by atoms with E-state index in [-0.39, 0.29) is 5.78 Å². The number of nitriles is 1. The molecule has 2 N–H and O–H groups in total. The van der Waals surface area contributed by atoms with Crippen LogP contribution in [-0.2, 0) is 11.2 Å². The number of ketones is 1. The number of anilines is 2. The molecule has 0 atom stereocenters. The monoisotopic (exact) mass is 337 g/mol. The summed E-state index contributed by atoms with van der Waals surface area (Å²) >= 11 is 0. The van der Waals surface area contributed by atoms with Crippen molar-refractivity contribution in [3.63, 3.8) is 0 Å². The third kappa shape index (κ3) is 6.11. The van der Waals surface area contributed by atoms with Crippen LogP contribution >= 0.6 is 0 Å². The Morgan fingerprint density at radius 3 is 2.20 bits per heavy atom. The second-order valence-corrected chi connectivity index (χ2v) is 5.30. The van der Waals surface area contributed by atoms with E-state index in [0.717, 1.165) is 29.6 Å². The maximum Gasteiger partial charge on any atom is 0.163 e. The minimum atomic E-state index is 0.0642. The minimum Gasteiger partial charge on any atom is -0.387 e. The number of nitrogens with one attached hydrogen (secondary N) is 2. The van der Waals surface area contributed by atoms with E-state index in [0.29, 0.717) is 17.5 Å². The van der Waals surface area contributed by atoms with Crippen molar-refractivity contribution >= 4 is 23.4 Å². The number of benzene rings is 2. The molecule has 0 saturated carbocycles. The van der Waals surface area contributed by atoms with Gasteiger partial charge in [-0.15, -0.1) is 0 Å². The molecule has 0 spiro atoms. The van der Waals surface area contributed by atoms with E-state index in [1.54, 1.807) is 27.1 Å². The molecule has 2 aromatic rings. The van der Waals surface area contributed by atoms with Gasteiger partial charge in [0.05, 0.1) is 17.2 Å². The number of hydrogen-bond donors (Lipinski definition) is 2. The molecule has 0 radical (unpaired) electrons. The van der Waals surface area contributed by atoms with E-state index in [1.807, 2.05) is 36.4 Å².